The second-order valence-corrected chi connectivity index (χ2v) is 7.11. The summed E-state index contributed by atoms with van der Waals surface area (Å²) in [6, 6.07) is 6.78. The molecule has 0 aliphatic carbocycles. The lowest BCUT2D eigenvalue weighted by molar-refractivity contribution is -0.145. The first-order valence-electron chi connectivity index (χ1n) is 8.80. The van der Waals surface area contributed by atoms with Crippen LogP contribution in [0.5, 0.6) is 0 Å². The van der Waals surface area contributed by atoms with E-state index in [-0.39, 0.29) is 23.5 Å². The topological polar surface area (TPSA) is 40.6 Å². The van der Waals surface area contributed by atoms with Crippen molar-refractivity contribution < 1.29 is 14.0 Å². The van der Waals surface area contributed by atoms with Crippen LogP contribution < -0.4 is 0 Å². The van der Waals surface area contributed by atoms with Crippen molar-refractivity contribution in [3.05, 3.63) is 35.6 Å². The number of piperidine rings is 2. The molecule has 0 radical (unpaired) electrons. The van der Waals surface area contributed by atoms with Crippen LogP contribution in [0, 0.1) is 17.7 Å². The fraction of sp³-hybridized carbons (Fsp3) is 0.579. The van der Waals surface area contributed by atoms with E-state index in [0.717, 1.165) is 44.3 Å². The van der Waals surface area contributed by atoms with Gasteiger partial charge in [-0.1, -0.05) is 12.1 Å². The van der Waals surface area contributed by atoms with Crippen molar-refractivity contribution in [3.8, 4) is 0 Å². The molecule has 2 aliphatic rings. The van der Waals surface area contributed by atoms with Crippen LogP contribution in [-0.2, 0) is 16.0 Å². The summed E-state index contributed by atoms with van der Waals surface area (Å²) in [4.78, 5) is 28.0. The van der Waals surface area contributed by atoms with Gasteiger partial charge in [-0.05, 0) is 49.3 Å². The zero-order chi connectivity index (χ0) is 17.1. The van der Waals surface area contributed by atoms with Gasteiger partial charge in [0.1, 0.15) is 5.82 Å². The molecule has 0 unspecified atom stereocenters. The van der Waals surface area contributed by atoms with Gasteiger partial charge in [0.05, 0.1) is 0 Å². The van der Waals surface area contributed by atoms with Gasteiger partial charge in [-0.15, -0.1) is 0 Å². The summed E-state index contributed by atoms with van der Waals surface area (Å²) >= 11 is 0. The number of halogens is 1. The highest BCUT2D eigenvalue weighted by Crippen LogP contribution is 2.26. The Morgan fingerprint density at radius 1 is 1.21 bits per heavy atom. The molecule has 0 aromatic heterocycles. The van der Waals surface area contributed by atoms with Crippen LogP contribution in [0.15, 0.2) is 24.3 Å². The number of likely N-dealkylation sites (tertiary alicyclic amines) is 2. The molecular weight excluding hydrogens is 307 g/mol. The lowest BCUT2D eigenvalue weighted by Crippen LogP contribution is -2.46. The van der Waals surface area contributed by atoms with E-state index in [1.165, 1.54) is 6.07 Å². The zero-order valence-corrected chi connectivity index (χ0v) is 14.2. The Labute approximate surface area is 142 Å². The maximum atomic E-state index is 13.3. The molecule has 130 valence electrons. The molecule has 0 N–H and O–H groups in total. The van der Waals surface area contributed by atoms with Crippen LogP contribution >= 0.6 is 0 Å². The van der Waals surface area contributed by atoms with Gasteiger partial charge in [0.25, 0.3) is 0 Å². The van der Waals surface area contributed by atoms with Crippen LogP contribution in [0.3, 0.4) is 0 Å². The Kier molecular flexibility index (Phi) is 5.17. The largest absolute Gasteiger partial charge is 0.346 e. The molecule has 24 heavy (non-hydrogen) atoms. The molecular formula is C19H25FN2O2. The molecule has 1 aromatic carbocycles. The van der Waals surface area contributed by atoms with E-state index in [4.69, 9.17) is 0 Å². The molecule has 2 aliphatic heterocycles. The van der Waals surface area contributed by atoms with E-state index < -0.39 is 0 Å². The Hall–Kier alpha value is -1.91. The monoisotopic (exact) mass is 332 g/mol. The number of benzene rings is 1. The molecule has 0 bridgehead atoms. The molecule has 2 saturated heterocycles. The average molecular weight is 332 g/mol. The van der Waals surface area contributed by atoms with Crippen molar-refractivity contribution in [1.29, 1.82) is 0 Å². The maximum Gasteiger partial charge on any atom is 0.226 e. The second kappa shape index (κ2) is 7.32. The first-order chi connectivity index (χ1) is 11.5. The number of hydrogen-bond acceptors (Lipinski definition) is 2. The minimum Gasteiger partial charge on any atom is -0.346 e. The smallest absolute Gasteiger partial charge is 0.226 e. The predicted molar refractivity (Wildman–Crippen MR) is 89.8 cm³/mol. The summed E-state index contributed by atoms with van der Waals surface area (Å²) in [6.45, 7) is 2.17. The Morgan fingerprint density at radius 2 is 1.96 bits per heavy atom. The van der Waals surface area contributed by atoms with Crippen molar-refractivity contribution in [2.75, 3.05) is 26.7 Å². The normalized spacial score (nSPS) is 22.8. The molecule has 1 aromatic rings. The van der Waals surface area contributed by atoms with Gasteiger partial charge >= 0.3 is 0 Å². The molecule has 5 heteroatoms. The summed E-state index contributed by atoms with van der Waals surface area (Å²) < 4.78 is 13.3. The number of carbonyl (C=O) groups excluding carboxylic acids is 2. The summed E-state index contributed by atoms with van der Waals surface area (Å²) in [5, 5.41) is 0. The Bertz CT molecular complexity index is 611. The maximum absolute atomic E-state index is 13.3. The fourth-order valence-corrected chi connectivity index (χ4v) is 3.77. The van der Waals surface area contributed by atoms with Crippen molar-refractivity contribution in [2.24, 2.45) is 11.8 Å². The highest BCUT2D eigenvalue weighted by Gasteiger charge is 2.33. The van der Waals surface area contributed by atoms with Gasteiger partial charge in [0, 0.05) is 39.0 Å². The molecule has 4 nitrogen and oxygen atoms in total. The summed E-state index contributed by atoms with van der Waals surface area (Å²) in [7, 11) is 1.79. The molecule has 2 fully saturated rings. The van der Waals surface area contributed by atoms with Crippen LogP contribution in [0.25, 0.3) is 0 Å². The van der Waals surface area contributed by atoms with E-state index in [1.54, 1.807) is 24.1 Å². The minimum absolute atomic E-state index is 0.0700. The van der Waals surface area contributed by atoms with Crippen LogP contribution in [0.1, 0.15) is 31.2 Å². The number of hydrogen-bond donors (Lipinski definition) is 0. The van der Waals surface area contributed by atoms with E-state index >= 15 is 0 Å². The number of rotatable bonds is 3. The van der Waals surface area contributed by atoms with Crippen LogP contribution in [0.4, 0.5) is 4.39 Å². The standard InChI is InChI=1S/C19H25FN2O2/c1-21-8-7-16(13-18(21)23)19(24)22-9-5-14(6-10-22)11-15-3-2-4-17(20)12-15/h2-4,12,14,16H,5-11,13H2,1H3/t16-/m1/s1. The molecule has 1 atom stereocenters. The van der Waals surface area contributed by atoms with Gasteiger partial charge in [-0.3, -0.25) is 9.59 Å². The summed E-state index contributed by atoms with van der Waals surface area (Å²) in [6.07, 6.45) is 3.88. The summed E-state index contributed by atoms with van der Waals surface area (Å²) in [5.41, 5.74) is 1.03. The van der Waals surface area contributed by atoms with Crippen molar-refractivity contribution in [3.63, 3.8) is 0 Å². The highest BCUT2D eigenvalue weighted by molar-refractivity contribution is 5.86. The second-order valence-electron chi connectivity index (χ2n) is 7.11. The predicted octanol–water partition coefficient (Wildman–Crippen LogP) is 2.48. The molecule has 2 amide bonds. The van der Waals surface area contributed by atoms with Crippen LogP contribution in [-0.4, -0.2) is 48.3 Å². The quantitative estimate of drug-likeness (QED) is 0.853. The van der Waals surface area contributed by atoms with Gasteiger partial charge in [-0.25, -0.2) is 4.39 Å². The van der Waals surface area contributed by atoms with Gasteiger partial charge in [0.15, 0.2) is 0 Å². The van der Waals surface area contributed by atoms with Crippen LogP contribution in [0.2, 0.25) is 0 Å². The van der Waals surface area contributed by atoms with Crippen molar-refractivity contribution >= 4 is 11.8 Å². The number of nitrogens with zero attached hydrogens (tertiary/aromatic N) is 2. The van der Waals surface area contributed by atoms with Gasteiger partial charge in [0.2, 0.25) is 11.8 Å². The van der Waals surface area contributed by atoms with E-state index in [2.05, 4.69) is 0 Å². The van der Waals surface area contributed by atoms with E-state index in [9.17, 15) is 14.0 Å². The lowest BCUT2D eigenvalue weighted by atomic mass is 9.88. The SMILES string of the molecule is CN1CC[C@@H](C(=O)N2CCC(Cc3cccc(F)c3)CC2)CC1=O. The Balaban J connectivity index is 1.49. The Morgan fingerprint density at radius 3 is 2.62 bits per heavy atom. The number of carbonyl (C=O) groups is 2. The van der Waals surface area contributed by atoms with E-state index in [0.29, 0.717) is 18.9 Å². The van der Waals surface area contributed by atoms with Crippen molar-refractivity contribution in [2.45, 2.75) is 32.1 Å². The van der Waals surface area contributed by atoms with E-state index in [1.807, 2.05) is 11.0 Å². The molecule has 0 spiro atoms. The summed E-state index contributed by atoms with van der Waals surface area (Å²) in [5.74, 6) is 0.372. The first-order valence-corrected chi connectivity index (χ1v) is 8.80. The third kappa shape index (κ3) is 3.94. The molecule has 0 saturated carbocycles. The third-order valence-electron chi connectivity index (χ3n) is 5.35. The zero-order valence-electron chi connectivity index (χ0n) is 14.2. The first kappa shape index (κ1) is 16.9. The minimum atomic E-state index is -0.188. The third-order valence-corrected chi connectivity index (χ3v) is 5.35. The fourth-order valence-electron chi connectivity index (χ4n) is 3.77. The highest BCUT2D eigenvalue weighted by atomic mass is 19.1. The molecule has 2 heterocycles. The molecule has 3 rings (SSSR count). The number of amides is 2. The van der Waals surface area contributed by atoms with Gasteiger partial charge < -0.3 is 9.80 Å². The van der Waals surface area contributed by atoms with Gasteiger partial charge in [-0.2, -0.15) is 0 Å². The lowest BCUT2D eigenvalue weighted by Gasteiger charge is -2.36. The average Bonchev–Trinajstić information content (AvgIpc) is 2.57. The van der Waals surface area contributed by atoms with Crippen molar-refractivity contribution in [1.82, 2.24) is 9.80 Å².